The third kappa shape index (κ3) is 1.75. The molecule has 0 aliphatic carbocycles. The van der Waals surface area contributed by atoms with Gasteiger partial charge >= 0.3 is 0 Å². The van der Waals surface area contributed by atoms with E-state index in [4.69, 9.17) is 9.47 Å². The fourth-order valence-electron chi connectivity index (χ4n) is 3.65. The lowest BCUT2D eigenvalue weighted by Crippen LogP contribution is -2.57. The average Bonchev–Trinajstić information content (AvgIpc) is 2.67. The fraction of sp³-hybridized carbons (Fsp3) is 0. The van der Waals surface area contributed by atoms with Crippen LogP contribution >= 0.6 is 0 Å². The van der Waals surface area contributed by atoms with Crippen molar-refractivity contribution < 1.29 is 9.47 Å². The molecule has 114 valence electrons. The molecule has 0 saturated carbocycles. The maximum atomic E-state index is 9.45. The largest absolute Gasteiger partial charge is 0.457 e. The van der Waals surface area contributed by atoms with Gasteiger partial charge in [0, 0.05) is 5.46 Å². The first-order valence-corrected chi connectivity index (χ1v) is 7.86. The summed E-state index contributed by atoms with van der Waals surface area (Å²) in [6.45, 7) is -0.125. The van der Waals surface area contributed by atoms with Crippen LogP contribution in [-0.4, -0.2) is 6.71 Å². The van der Waals surface area contributed by atoms with Gasteiger partial charge < -0.3 is 9.47 Å². The van der Waals surface area contributed by atoms with E-state index in [1.807, 2.05) is 42.5 Å². The molecule has 0 aromatic heterocycles. The Bertz CT molecular complexity index is 1060. The van der Waals surface area contributed by atoms with Crippen molar-refractivity contribution in [1.82, 2.24) is 0 Å². The number of benzene rings is 3. The van der Waals surface area contributed by atoms with Gasteiger partial charge in [0.25, 0.3) is 6.71 Å². The molecule has 0 radical (unpaired) electrons. The smallest absolute Gasteiger partial charge is 0.260 e. The van der Waals surface area contributed by atoms with E-state index in [-0.39, 0.29) is 6.71 Å². The molecular formula is C20H9BN2O2. The zero-order valence-corrected chi connectivity index (χ0v) is 13.0. The number of hydrogen-bond acceptors (Lipinski definition) is 4. The van der Waals surface area contributed by atoms with Gasteiger partial charge in [-0.2, -0.15) is 10.5 Å². The van der Waals surface area contributed by atoms with Crippen molar-refractivity contribution in [2.45, 2.75) is 0 Å². The Morgan fingerprint density at radius 1 is 0.680 bits per heavy atom. The van der Waals surface area contributed by atoms with Crippen LogP contribution in [0.2, 0.25) is 0 Å². The third-order valence-corrected chi connectivity index (χ3v) is 4.69. The summed E-state index contributed by atoms with van der Waals surface area (Å²) < 4.78 is 12.1. The Morgan fingerprint density at radius 2 is 1.16 bits per heavy atom. The normalized spacial score (nSPS) is 12.5. The molecular weight excluding hydrogens is 311 g/mol. The number of ether oxygens (including phenoxy) is 2. The molecule has 2 aliphatic rings. The summed E-state index contributed by atoms with van der Waals surface area (Å²) in [6, 6.07) is 21.2. The van der Waals surface area contributed by atoms with Crippen LogP contribution < -0.4 is 25.9 Å². The van der Waals surface area contributed by atoms with E-state index in [1.165, 1.54) is 0 Å². The van der Waals surface area contributed by atoms with Gasteiger partial charge in [-0.25, -0.2) is 0 Å². The minimum atomic E-state index is -0.125. The summed E-state index contributed by atoms with van der Waals surface area (Å²) in [5, 5.41) is 18.9. The Morgan fingerprint density at radius 3 is 1.64 bits per heavy atom. The van der Waals surface area contributed by atoms with Gasteiger partial charge in [0.05, 0.1) is 11.1 Å². The predicted molar refractivity (Wildman–Crippen MR) is 93.6 cm³/mol. The summed E-state index contributed by atoms with van der Waals surface area (Å²) in [5.74, 6) is 2.53. The van der Waals surface area contributed by atoms with Crippen LogP contribution in [0.15, 0.2) is 54.6 Å². The fourth-order valence-corrected chi connectivity index (χ4v) is 3.65. The van der Waals surface area contributed by atoms with Crippen molar-refractivity contribution >= 4 is 23.1 Å². The van der Waals surface area contributed by atoms with Gasteiger partial charge in [-0.15, -0.1) is 0 Å². The van der Waals surface area contributed by atoms with Crippen molar-refractivity contribution in [3.05, 3.63) is 65.7 Å². The highest BCUT2D eigenvalue weighted by Gasteiger charge is 2.41. The molecule has 0 saturated heterocycles. The van der Waals surface area contributed by atoms with E-state index in [2.05, 4.69) is 12.1 Å². The maximum absolute atomic E-state index is 9.45. The van der Waals surface area contributed by atoms with Crippen molar-refractivity contribution in [2.24, 2.45) is 0 Å². The molecule has 2 heterocycles. The van der Waals surface area contributed by atoms with Gasteiger partial charge in [-0.3, -0.25) is 0 Å². The lowest BCUT2D eigenvalue weighted by atomic mass is 9.34. The number of para-hydroxylation sites is 2. The van der Waals surface area contributed by atoms with E-state index >= 15 is 0 Å². The van der Waals surface area contributed by atoms with E-state index in [9.17, 15) is 10.5 Å². The number of hydrogen-bond donors (Lipinski definition) is 0. The second-order valence-corrected chi connectivity index (χ2v) is 5.98. The molecule has 25 heavy (non-hydrogen) atoms. The molecule has 5 rings (SSSR count). The Hall–Kier alpha value is -3.70. The summed E-state index contributed by atoms with van der Waals surface area (Å²) in [7, 11) is 0. The molecule has 0 bridgehead atoms. The minimum Gasteiger partial charge on any atom is -0.457 e. The zero-order valence-electron chi connectivity index (χ0n) is 13.0. The van der Waals surface area contributed by atoms with Crippen LogP contribution in [0, 0.1) is 22.7 Å². The quantitative estimate of drug-likeness (QED) is 0.410. The summed E-state index contributed by atoms with van der Waals surface area (Å²) in [4.78, 5) is 0. The number of rotatable bonds is 0. The first-order valence-electron chi connectivity index (χ1n) is 7.86. The summed E-state index contributed by atoms with van der Waals surface area (Å²) in [6.07, 6.45) is 0. The predicted octanol–water partition coefficient (Wildman–Crippen LogP) is 2.16. The molecule has 0 spiro atoms. The van der Waals surface area contributed by atoms with Crippen LogP contribution in [0.1, 0.15) is 11.1 Å². The van der Waals surface area contributed by atoms with E-state index in [0.29, 0.717) is 34.1 Å². The topological polar surface area (TPSA) is 66.0 Å². The second kappa shape index (κ2) is 4.90. The SMILES string of the molecule is N#Cc1cccc2c1Oc1cccc3c1B2c1cccc(C#N)c1O3. The highest BCUT2D eigenvalue weighted by molar-refractivity contribution is 6.98. The molecule has 3 aromatic carbocycles. The first kappa shape index (κ1) is 13.7. The molecule has 0 fully saturated rings. The molecule has 0 N–H and O–H groups in total. The molecule has 0 atom stereocenters. The molecule has 0 amide bonds. The maximum Gasteiger partial charge on any atom is 0.260 e. The van der Waals surface area contributed by atoms with Gasteiger partial charge in [-0.05, 0) is 35.2 Å². The molecule has 5 heteroatoms. The van der Waals surface area contributed by atoms with Crippen molar-refractivity contribution in [2.75, 3.05) is 0 Å². The van der Waals surface area contributed by atoms with E-state index in [1.54, 1.807) is 12.1 Å². The zero-order chi connectivity index (χ0) is 17.0. The van der Waals surface area contributed by atoms with Crippen molar-refractivity contribution in [1.29, 1.82) is 10.5 Å². The lowest BCUT2D eigenvalue weighted by molar-refractivity contribution is 0.463. The standard InChI is InChI=1S/C20H9BN2O2/c22-10-12-4-1-6-14-19(12)24-16-8-3-9-17-18(16)21(14)15-7-2-5-13(11-23)20(15)25-17/h1-9H. The monoisotopic (exact) mass is 320 g/mol. The van der Waals surface area contributed by atoms with Crippen molar-refractivity contribution in [3.8, 4) is 35.1 Å². The van der Waals surface area contributed by atoms with Crippen LogP contribution in [0.3, 0.4) is 0 Å². The van der Waals surface area contributed by atoms with Crippen molar-refractivity contribution in [3.63, 3.8) is 0 Å². The first-order chi connectivity index (χ1) is 12.3. The van der Waals surface area contributed by atoms with Crippen LogP contribution in [0.5, 0.6) is 23.0 Å². The molecule has 0 unspecified atom stereocenters. The Kier molecular flexibility index (Phi) is 2.69. The van der Waals surface area contributed by atoms with Gasteiger partial charge in [0.15, 0.2) is 0 Å². The van der Waals surface area contributed by atoms with Crippen LogP contribution in [0.4, 0.5) is 0 Å². The lowest BCUT2D eigenvalue weighted by Gasteiger charge is -2.33. The average molecular weight is 320 g/mol. The van der Waals surface area contributed by atoms with Gasteiger partial charge in [-0.1, -0.05) is 30.3 Å². The van der Waals surface area contributed by atoms with Gasteiger partial charge in [0.2, 0.25) is 0 Å². The number of fused-ring (bicyclic) bond motifs is 4. The highest BCUT2D eigenvalue weighted by atomic mass is 16.5. The Balaban J connectivity index is 1.88. The molecule has 4 nitrogen and oxygen atoms in total. The van der Waals surface area contributed by atoms with E-state index in [0.717, 1.165) is 16.4 Å². The highest BCUT2D eigenvalue weighted by Crippen LogP contribution is 2.36. The second-order valence-electron chi connectivity index (χ2n) is 5.98. The molecule has 2 aliphatic heterocycles. The van der Waals surface area contributed by atoms with Gasteiger partial charge in [0.1, 0.15) is 35.1 Å². The van der Waals surface area contributed by atoms with Crippen LogP contribution in [0.25, 0.3) is 0 Å². The third-order valence-electron chi connectivity index (χ3n) is 4.69. The summed E-state index contributed by atoms with van der Waals surface area (Å²) >= 11 is 0. The van der Waals surface area contributed by atoms with E-state index < -0.39 is 0 Å². The summed E-state index contributed by atoms with van der Waals surface area (Å²) in [5.41, 5.74) is 3.76. The minimum absolute atomic E-state index is 0.125. The Labute approximate surface area is 144 Å². The van der Waals surface area contributed by atoms with Crippen LogP contribution in [-0.2, 0) is 0 Å². The molecule has 3 aromatic rings. The number of nitrogens with zero attached hydrogens (tertiary/aromatic N) is 2. The number of nitriles is 2.